The number of hydrogen-bond donors (Lipinski definition) is 1. The molecule has 1 saturated heterocycles. The van der Waals surface area contributed by atoms with E-state index in [0.29, 0.717) is 24.9 Å². The van der Waals surface area contributed by atoms with Crippen LogP contribution in [0.25, 0.3) is 0 Å². The van der Waals surface area contributed by atoms with Gasteiger partial charge in [0.2, 0.25) is 0 Å². The Kier molecular flexibility index (Phi) is 6.99. The fourth-order valence-electron chi connectivity index (χ4n) is 5.15. The first-order chi connectivity index (χ1) is 15.4. The summed E-state index contributed by atoms with van der Waals surface area (Å²) in [6.45, 7) is 7.17. The fraction of sp³-hybridized carbons (Fsp3) is 0.500. The van der Waals surface area contributed by atoms with E-state index in [1.807, 2.05) is 43.0 Å². The number of halogens is 1. The molecule has 172 valence electrons. The zero-order valence-corrected chi connectivity index (χ0v) is 19.3. The van der Waals surface area contributed by atoms with Crippen LogP contribution in [-0.2, 0) is 13.1 Å². The Morgan fingerprint density at radius 1 is 1.06 bits per heavy atom. The molecule has 3 atom stereocenters. The zero-order chi connectivity index (χ0) is 22.7. The average Bonchev–Trinajstić information content (AvgIpc) is 3.29. The van der Waals surface area contributed by atoms with Gasteiger partial charge in [0.05, 0.1) is 6.10 Å². The topological polar surface area (TPSA) is 44.8 Å². The van der Waals surface area contributed by atoms with Gasteiger partial charge < -0.3 is 19.9 Å². The van der Waals surface area contributed by atoms with E-state index in [4.69, 9.17) is 4.74 Å². The monoisotopic (exact) mass is 439 g/mol. The molecule has 1 N–H and O–H groups in total. The van der Waals surface area contributed by atoms with Crippen molar-refractivity contribution in [2.24, 2.45) is 11.8 Å². The quantitative estimate of drug-likeness (QED) is 0.682. The molecule has 2 fully saturated rings. The van der Waals surface area contributed by atoms with Gasteiger partial charge in [0, 0.05) is 32.2 Å². The number of hydrogen-bond acceptors (Lipinski definition) is 3. The third kappa shape index (κ3) is 5.60. The normalized spacial score (nSPS) is 22.7. The summed E-state index contributed by atoms with van der Waals surface area (Å²) in [7, 11) is 2.17. The van der Waals surface area contributed by atoms with E-state index in [2.05, 4.69) is 17.3 Å². The molecule has 1 aliphatic heterocycles. The van der Waals surface area contributed by atoms with Crippen LogP contribution in [0.4, 0.5) is 9.18 Å². The van der Waals surface area contributed by atoms with Crippen LogP contribution >= 0.6 is 0 Å². The average molecular weight is 440 g/mol. The minimum absolute atomic E-state index is 0.0600. The Hall–Kier alpha value is -2.60. The van der Waals surface area contributed by atoms with E-state index in [0.717, 1.165) is 42.8 Å². The number of carbonyl (C=O) groups is 1. The molecule has 0 radical (unpaired) electrons. The molecule has 2 aliphatic rings. The highest BCUT2D eigenvalue weighted by molar-refractivity contribution is 5.74. The number of likely N-dealkylation sites (tertiary alicyclic amines) is 1. The van der Waals surface area contributed by atoms with Crippen LogP contribution in [0.1, 0.15) is 37.8 Å². The van der Waals surface area contributed by atoms with Crippen LogP contribution in [0.15, 0.2) is 48.5 Å². The van der Waals surface area contributed by atoms with Crippen LogP contribution in [0.3, 0.4) is 0 Å². The van der Waals surface area contributed by atoms with Gasteiger partial charge in [-0.25, -0.2) is 9.18 Å². The molecule has 1 heterocycles. The maximum atomic E-state index is 13.4. The number of carbonyl (C=O) groups excluding carboxylic acids is 1. The van der Waals surface area contributed by atoms with E-state index < -0.39 is 0 Å². The number of benzene rings is 2. The standard InChI is InChI=1S/C26H34FN3O2/c1-18(2)32-25-10-6-19(7-11-25)14-28-26(31)30(15-20-4-8-23(27)9-5-20)24-12-21-16-29(3)17-22(21)13-24/h4-11,18,21-22,24H,12-17H2,1-3H3,(H,28,31)/t21-,22+,24+. The van der Waals surface area contributed by atoms with Gasteiger partial charge in [-0.1, -0.05) is 24.3 Å². The third-order valence-corrected chi connectivity index (χ3v) is 6.62. The van der Waals surface area contributed by atoms with Crippen molar-refractivity contribution >= 4 is 6.03 Å². The second-order valence-electron chi connectivity index (χ2n) is 9.59. The Morgan fingerprint density at radius 2 is 1.66 bits per heavy atom. The van der Waals surface area contributed by atoms with Crippen LogP contribution in [-0.4, -0.2) is 48.1 Å². The first-order valence-corrected chi connectivity index (χ1v) is 11.6. The summed E-state index contributed by atoms with van der Waals surface area (Å²) in [5.74, 6) is 1.88. The lowest BCUT2D eigenvalue weighted by Crippen LogP contribution is -2.45. The molecule has 0 bridgehead atoms. The van der Waals surface area contributed by atoms with Gasteiger partial charge in [-0.05, 0) is 81.0 Å². The lowest BCUT2D eigenvalue weighted by Gasteiger charge is -2.30. The number of amides is 2. The minimum Gasteiger partial charge on any atom is -0.491 e. The maximum Gasteiger partial charge on any atom is 0.318 e. The highest BCUT2D eigenvalue weighted by Gasteiger charge is 2.42. The molecule has 0 unspecified atom stereocenters. The summed E-state index contributed by atoms with van der Waals surface area (Å²) in [6, 6.07) is 14.5. The number of ether oxygens (including phenoxy) is 1. The molecule has 0 spiro atoms. The van der Waals surface area contributed by atoms with Crippen LogP contribution < -0.4 is 10.1 Å². The number of nitrogens with one attached hydrogen (secondary N) is 1. The summed E-state index contributed by atoms with van der Waals surface area (Å²) in [6.07, 6.45) is 2.20. The van der Waals surface area contributed by atoms with Gasteiger partial charge in [-0.3, -0.25) is 0 Å². The summed E-state index contributed by atoms with van der Waals surface area (Å²) in [5, 5.41) is 3.10. The predicted octanol–water partition coefficient (Wildman–Crippen LogP) is 4.66. The molecular formula is C26H34FN3O2. The van der Waals surface area contributed by atoms with Crippen LogP contribution in [0, 0.1) is 17.7 Å². The Labute approximate surface area is 190 Å². The molecule has 2 amide bonds. The molecule has 2 aromatic rings. The van der Waals surface area contributed by atoms with E-state index in [1.54, 1.807) is 12.1 Å². The van der Waals surface area contributed by atoms with Crippen molar-refractivity contribution in [2.75, 3.05) is 20.1 Å². The molecule has 1 saturated carbocycles. The van der Waals surface area contributed by atoms with Crippen molar-refractivity contribution in [3.05, 3.63) is 65.5 Å². The summed E-state index contributed by atoms with van der Waals surface area (Å²) in [4.78, 5) is 17.6. The van der Waals surface area contributed by atoms with Crippen molar-refractivity contribution in [3.63, 3.8) is 0 Å². The molecule has 6 heteroatoms. The zero-order valence-electron chi connectivity index (χ0n) is 19.3. The third-order valence-electron chi connectivity index (χ3n) is 6.62. The molecular weight excluding hydrogens is 405 g/mol. The summed E-state index contributed by atoms with van der Waals surface area (Å²) < 4.78 is 19.1. The van der Waals surface area contributed by atoms with Crippen LogP contribution in [0.2, 0.25) is 0 Å². The first-order valence-electron chi connectivity index (χ1n) is 11.6. The second kappa shape index (κ2) is 9.90. The molecule has 5 nitrogen and oxygen atoms in total. The van der Waals surface area contributed by atoms with Gasteiger partial charge in [-0.2, -0.15) is 0 Å². The van der Waals surface area contributed by atoms with Crippen molar-refractivity contribution in [1.82, 2.24) is 15.1 Å². The molecule has 2 aromatic carbocycles. The van der Waals surface area contributed by atoms with E-state index >= 15 is 0 Å². The van der Waals surface area contributed by atoms with Crippen molar-refractivity contribution in [2.45, 2.75) is 51.9 Å². The number of nitrogens with zero attached hydrogens (tertiary/aromatic N) is 2. The maximum absolute atomic E-state index is 13.4. The molecule has 1 aliphatic carbocycles. The highest BCUT2D eigenvalue weighted by Crippen LogP contribution is 2.40. The smallest absolute Gasteiger partial charge is 0.318 e. The summed E-state index contributed by atoms with van der Waals surface area (Å²) >= 11 is 0. The van der Waals surface area contributed by atoms with Gasteiger partial charge >= 0.3 is 6.03 Å². The van der Waals surface area contributed by atoms with Gasteiger partial charge in [0.25, 0.3) is 0 Å². The fourth-order valence-corrected chi connectivity index (χ4v) is 5.15. The number of fused-ring (bicyclic) bond motifs is 1. The Bertz CT molecular complexity index is 886. The first kappa shape index (κ1) is 22.6. The van der Waals surface area contributed by atoms with E-state index in [1.165, 1.54) is 12.1 Å². The van der Waals surface area contributed by atoms with E-state index in [-0.39, 0.29) is 24.0 Å². The molecule has 4 rings (SSSR count). The van der Waals surface area contributed by atoms with Crippen molar-refractivity contribution in [1.29, 1.82) is 0 Å². The van der Waals surface area contributed by atoms with Crippen molar-refractivity contribution < 1.29 is 13.9 Å². The molecule has 32 heavy (non-hydrogen) atoms. The lowest BCUT2D eigenvalue weighted by molar-refractivity contribution is 0.165. The highest BCUT2D eigenvalue weighted by atomic mass is 19.1. The lowest BCUT2D eigenvalue weighted by atomic mass is 10.0. The Morgan fingerprint density at radius 3 is 2.25 bits per heavy atom. The van der Waals surface area contributed by atoms with E-state index in [9.17, 15) is 9.18 Å². The van der Waals surface area contributed by atoms with Crippen molar-refractivity contribution in [3.8, 4) is 5.75 Å². The molecule has 0 aromatic heterocycles. The predicted molar refractivity (Wildman–Crippen MR) is 124 cm³/mol. The number of urea groups is 1. The largest absolute Gasteiger partial charge is 0.491 e. The van der Waals surface area contributed by atoms with Crippen LogP contribution in [0.5, 0.6) is 5.75 Å². The minimum atomic E-state index is -0.256. The SMILES string of the molecule is CC(C)Oc1ccc(CNC(=O)N(Cc2ccc(F)cc2)[C@H]2C[C@@H]3CN(C)C[C@@H]3C2)cc1. The second-order valence-corrected chi connectivity index (χ2v) is 9.59. The summed E-state index contributed by atoms with van der Waals surface area (Å²) in [5.41, 5.74) is 1.98. The number of rotatable bonds is 7. The van der Waals surface area contributed by atoms with Gasteiger partial charge in [-0.15, -0.1) is 0 Å². The van der Waals surface area contributed by atoms with Gasteiger partial charge in [0.15, 0.2) is 0 Å². The Balaban J connectivity index is 1.41. The van der Waals surface area contributed by atoms with Gasteiger partial charge in [0.1, 0.15) is 11.6 Å².